The molecule has 0 radical (unpaired) electrons. The first-order valence-electron chi connectivity index (χ1n) is 6.29. The van der Waals surface area contributed by atoms with Gasteiger partial charge in [0.2, 0.25) is 0 Å². The van der Waals surface area contributed by atoms with Crippen molar-refractivity contribution in [3.8, 4) is 0 Å². The molecule has 1 saturated heterocycles. The number of aliphatic hydroxyl groups excluding tert-OH is 1. The Hall–Kier alpha value is -1.21. The SMILES string of the molecule is O=[N+]([O-])c1cncc(Br)c1N1CC2CCC(O)C2C1. The van der Waals surface area contributed by atoms with Crippen LogP contribution in [0.3, 0.4) is 0 Å². The van der Waals surface area contributed by atoms with Crippen LogP contribution in [-0.2, 0) is 0 Å². The molecule has 2 aliphatic rings. The maximum Gasteiger partial charge on any atom is 0.311 e. The Bertz CT molecular complexity index is 525. The number of pyridine rings is 1. The van der Waals surface area contributed by atoms with Gasteiger partial charge in [0.15, 0.2) is 0 Å². The Labute approximate surface area is 118 Å². The molecule has 2 heterocycles. The minimum atomic E-state index is -0.405. The lowest BCUT2D eigenvalue weighted by Gasteiger charge is -2.21. The Kier molecular flexibility index (Phi) is 3.18. The molecule has 7 heteroatoms. The summed E-state index contributed by atoms with van der Waals surface area (Å²) in [7, 11) is 0. The summed E-state index contributed by atoms with van der Waals surface area (Å²) in [6, 6.07) is 0. The van der Waals surface area contributed by atoms with E-state index < -0.39 is 4.92 Å². The topological polar surface area (TPSA) is 79.5 Å². The molecule has 102 valence electrons. The molecule has 1 N–H and O–H groups in total. The van der Waals surface area contributed by atoms with Gasteiger partial charge >= 0.3 is 5.69 Å². The van der Waals surface area contributed by atoms with Gasteiger partial charge < -0.3 is 10.0 Å². The van der Waals surface area contributed by atoms with Gasteiger partial charge in [-0.1, -0.05) is 0 Å². The van der Waals surface area contributed by atoms with Crippen LogP contribution in [0.2, 0.25) is 0 Å². The highest BCUT2D eigenvalue weighted by atomic mass is 79.9. The maximum atomic E-state index is 11.1. The first-order valence-corrected chi connectivity index (χ1v) is 7.08. The molecule has 6 nitrogen and oxygen atoms in total. The van der Waals surface area contributed by atoms with Gasteiger partial charge in [-0.05, 0) is 34.7 Å². The van der Waals surface area contributed by atoms with Crippen LogP contribution in [0, 0.1) is 22.0 Å². The number of nitrogens with zero attached hydrogens (tertiary/aromatic N) is 3. The zero-order valence-corrected chi connectivity index (χ0v) is 11.8. The van der Waals surface area contributed by atoms with E-state index in [4.69, 9.17) is 0 Å². The molecule has 2 fully saturated rings. The summed E-state index contributed by atoms with van der Waals surface area (Å²) in [6.45, 7) is 1.44. The highest BCUT2D eigenvalue weighted by Crippen LogP contribution is 2.44. The van der Waals surface area contributed by atoms with Gasteiger partial charge in [-0.3, -0.25) is 15.1 Å². The van der Waals surface area contributed by atoms with E-state index >= 15 is 0 Å². The first-order chi connectivity index (χ1) is 9.08. The van der Waals surface area contributed by atoms with E-state index in [1.165, 1.54) is 6.20 Å². The molecule has 3 rings (SSSR count). The van der Waals surface area contributed by atoms with Crippen molar-refractivity contribution in [1.29, 1.82) is 0 Å². The van der Waals surface area contributed by atoms with E-state index in [0.717, 1.165) is 19.4 Å². The largest absolute Gasteiger partial charge is 0.393 e. The number of halogens is 1. The van der Waals surface area contributed by atoms with Gasteiger partial charge in [-0.2, -0.15) is 0 Å². The second kappa shape index (κ2) is 4.72. The number of hydrogen-bond acceptors (Lipinski definition) is 5. The summed E-state index contributed by atoms with van der Waals surface area (Å²) in [5, 5.41) is 21.0. The van der Waals surface area contributed by atoms with Crippen molar-refractivity contribution in [3.63, 3.8) is 0 Å². The van der Waals surface area contributed by atoms with Gasteiger partial charge in [0.1, 0.15) is 11.9 Å². The number of hydrogen-bond donors (Lipinski definition) is 1. The van der Waals surface area contributed by atoms with E-state index in [1.807, 2.05) is 4.90 Å². The van der Waals surface area contributed by atoms with Gasteiger partial charge in [0, 0.05) is 25.2 Å². The molecule has 1 aromatic rings. The first kappa shape index (κ1) is 12.8. The third-order valence-corrected chi connectivity index (χ3v) is 4.77. The second-order valence-electron chi connectivity index (χ2n) is 5.22. The van der Waals surface area contributed by atoms with Crippen LogP contribution >= 0.6 is 15.9 Å². The number of nitro groups is 1. The lowest BCUT2D eigenvalue weighted by atomic mass is 10.00. The molecule has 1 aliphatic carbocycles. The summed E-state index contributed by atoms with van der Waals surface area (Å²) in [4.78, 5) is 16.6. The smallest absolute Gasteiger partial charge is 0.311 e. The average molecular weight is 328 g/mol. The van der Waals surface area contributed by atoms with Crippen molar-refractivity contribution in [2.24, 2.45) is 11.8 Å². The average Bonchev–Trinajstić information content (AvgIpc) is 2.91. The minimum Gasteiger partial charge on any atom is -0.393 e. The molecule has 0 amide bonds. The maximum absolute atomic E-state index is 11.1. The fraction of sp³-hybridized carbons (Fsp3) is 0.583. The summed E-state index contributed by atoms with van der Waals surface area (Å²) >= 11 is 3.35. The fourth-order valence-electron chi connectivity index (χ4n) is 3.28. The van der Waals surface area contributed by atoms with Crippen LogP contribution in [0.4, 0.5) is 11.4 Å². The Morgan fingerprint density at radius 1 is 1.42 bits per heavy atom. The Morgan fingerprint density at radius 2 is 2.21 bits per heavy atom. The van der Waals surface area contributed by atoms with E-state index in [-0.39, 0.29) is 17.7 Å². The predicted molar refractivity (Wildman–Crippen MR) is 73.0 cm³/mol. The van der Waals surface area contributed by atoms with Crippen molar-refractivity contribution < 1.29 is 10.0 Å². The molecule has 1 aliphatic heterocycles. The lowest BCUT2D eigenvalue weighted by molar-refractivity contribution is -0.384. The quantitative estimate of drug-likeness (QED) is 0.663. The number of aliphatic hydroxyl groups is 1. The third kappa shape index (κ3) is 2.10. The number of anilines is 1. The van der Waals surface area contributed by atoms with Crippen LogP contribution in [0.15, 0.2) is 16.9 Å². The second-order valence-corrected chi connectivity index (χ2v) is 6.07. The van der Waals surface area contributed by atoms with Gasteiger partial charge in [-0.25, -0.2) is 0 Å². The summed E-state index contributed by atoms with van der Waals surface area (Å²) < 4.78 is 0.635. The van der Waals surface area contributed by atoms with Gasteiger partial charge in [0.05, 0.1) is 15.5 Å². The van der Waals surface area contributed by atoms with E-state index in [1.54, 1.807) is 6.20 Å². The fourth-order valence-corrected chi connectivity index (χ4v) is 3.86. The van der Waals surface area contributed by atoms with Gasteiger partial charge in [-0.15, -0.1) is 0 Å². The molecule has 1 aromatic heterocycles. The molecule has 0 spiro atoms. The van der Waals surface area contributed by atoms with Crippen molar-refractivity contribution in [2.45, 2.75) is 18.9 Å². The van der Waals surface area contributed by atoms with Crippen LogP contribution < -0.4 is 4.90 Å². The van der Waals surface area contributed by atoms with Crippen molar-refractivity contribution in [1.82, 2.24) is 4.98 Å². The van der Waals surface area contributed by atoms with E-state index in [0.29, 0.717) is 22.6 Å². The van der Waals surface area contributed by atoms with E-state index in [2.05, 4.69) is 20.9 Å². The van der Waals surface area contributed by atoms with Gasteiger partial charge in [0.25, 0.3) is 0 Å². The molecule has 0 bridgehead atoms. The molecular weight excluding hydrogens is 314 g/mol. The monoisotopic (exact) mass is 327 g/mol. The lowest BCUT2D eigenvalue weighted by Crippen LogP contribution is -2.25. The van der Waals surface area contributed by atoms with E-state index in [9.17, 15) is 15.2 Å². The Balaban J connectivity index is 1.94. The molecular formula is C12H14BrN3O3. The van der Waals surface area contributed by atoms with Crippen LogP contribution in [0.5, 0.6) is 0 Å². The highest BCUT2D eigenvalue weighted by molar-refractivity contribution is 9.10. The molecule has 3 unspecified atom stereocenters. The minimum absolute atomic E-state index is 0.0174. The third-order valence-electron chi connectivity index (χ3n) is 4.19. The Morgan fingerprint density at radius 3 is 2.89 bits per heavy atom. The number of aromatic nitrogens is 1. The predicted octanol–water partition coefficient (Wildman–Crippen LogP) is 1.96. The van der Waals surface area contributed by atoms with Crippen molar-refractivity contribution in [2.75, 3.05) is 18.0 Å². The van der Waals surface area contributed by atoms with Crippen molar-refractivity contribution in [3.05, 3.63) is 27.0 Å². The highest BCUT2D eigenvalue weighted by Gasteiger charge is 2.43. The van der Waals surface area contributed by atoms with Crippen LogP contribution in [0.1, 0.15) is 12.8 Å². The molecule has 1 saturated carbocycles. The molecule has 0 aromatic carbocycles. The van der Waals surface area contributed by atoms with Crippen LogP contribution in [-0.4, -0.2) is 34.2 Å². The number of fused-ring (bicyclic) bond motifs is 1. The zero-order chi connectivity index (χ0) is 13.6. The summed E-state index contributed by atoms with van der Waals surface area (Å²) in [5.41, 5.74) is 0.602. The number of rotatable bonds is 2. The summed E-state index contributed by atoms with van der Waals surface area (Å²) in [5.74, 6) is 0.675. The molecule has 3 atom stereocenters. The van der Waals surface area contributed by atoms with Crippen molar-refractivity contribution >= 4 is 27.3 Å². The summed E-state index contributed by atoms with van der Waals surface area (Å²) in [6.07, 6.45) is 4.44. The normalized spacial score (nSPS) is 29.6. The van der Waals surface area contributed by atoms with Crippen LogP contribution in [0.25, 0.3) is 0 Å². The standard InChI is InChI=1S/C12H14BrN3O3/c13-9-3-14-4-10(16(18)19)12(9)15-5-7-1-2-11(17)8(7)6-15/h3-4,7-8,11,17H,1-2,5-6H2. The molecule has 19 heavy (non-hydrogen) atoms. The zero-order valence-electron chi connectivity index (χ0n) is 10.2.